The van der Waals surface area contributed by atoms with Crippen molar-refractivity contribution in [2.45, 2.75) is 51.7 Å². The van der Waals surface area contributed by atoms with Crippen molar-refractivity contribution in [3.63, 3.8) is 0 Å². The van der Waals surface area contributed by atoms with E-state index in [-0.39, 0.29) is 24.5 Å². The van der Waals surface area contributed by atoms with Crippen LogP contribution in [0.4, 0.5) is 0 Å². The number of hydrogen-bond donors (Lipinski definition) is 1. The fourth-order valence-electron chi connectivity index (χ4n) is 2.85. The van der Waals surface area contributed by atoms with Crippen LogP contribution in [0, 0.1) is 5.41 Å². The van der Waals surface area contributed by atoms with E-state index in [0.717, 1.165) is 6.42 Å². The zero-order valence-electron chi connectivity index (χ0n) is 11.0. The van der Waals surface area contributed by atoms with Crippen molar-refractivity contribution >= 4 is 11.9 Å². The van der Waals surface area contributed by atoms with Gasteiger partial charge in [-0.3, -0.25) is 9.59 Å². The van der Waals surface area contributed by atoms with Gasteiger partial charge >= 0.3 is 5.97 Å². The highest BCUT2D eigenvalue weighted by atomic mass is 16.5. The van der Waals surface area contributed by atoms with Gasteiger partial charge in [0, 0.05) is 19.5 Å². The number of nitrogens with zero attached hydrogens (tertiary/aromatic N) is 1. The van der Waals surface area contributed by atoms with Crippen molar-refractivity contribution in [2.24, 2.45) is 5.41 Å². The van der Waals surface area contributed by atoms with Crippen molar-refractivity contribution < 1.29 is 19.4 Å². The number of carboxylic acids is 1. The SMILES string of the molecule is CC1CN(C(=O)CC2(C(=O)O)CCC2)CC(C)O1. The second kappa shape index (κ2) is 4.88. The van der Waals surface area contributed by atoms with Crippen molar-refractivity contribution in [2.75, 3.05) is 13.1 Å². The summed E-state index contributed by atoms with van der Waals surface area (Å²) in [5, 5.41) is 9.24. The monoisotopic (exact) mass is 255 g/mol. The van der Waals surface area contributed by atoms with Gasteiger partial charge in [-0.05, 0) is 26.7 Å². The topological polar surface area (TPSA) is 66.8 Å². The molecule has 1 amide bonds. The minimum Gasteiger partial charge on any atom is -0.481 e. The minimum atomic E-state index is -0.823. The molecule has 0 aromatic heterocycles. The lowest BCUT2D eigenvalue weighted by Crippen LogP contribution is -2.51. The van der Waals surface area contributed by atoms with Crippen molar-refractivity contribution in [1.29, 1.82) is 0 Å². The summed E-state index contributed by atoms with van der Waals surface area (Å²) in [6.07, 6.45) is 2.37. The van der Waals surface area contributed by atoms with Crippen LogP contribution >= 0.6 is 0 Å². The van der Waals surface area contributed by atoms with Gasteiger partial charge in [0.25, 0.3) is 0 Å². The maximum Gasteiger partial charge on any atom is 0.310 e. The number of hydrogen-bond acceptors (Lipinski definition) is 3. The first kappa shape index (κ1) is 13.3. The number of morpholine rings is 1. The maximum absolute atomic E-state index is 12.2. The van der Waals surface area contributed by atoms with Gasteiger partial charge in [-0.2, -0.15) is 0 Å². The molecule has 5 heteroatoms. The van der Waals surface area contributed by atoms with E-state index in [1.165, 1.54) is 0 Å². The summed E-state index contributed by atoms with van der Waals surface area (Å²) in [6.45, 7) is 5.01. The average molecular weight is 255 g/mol. The van der Waals surface area contributed by atoms with Gasteiger partial charge in [0.1, 0.15) is 0 Å². The zero-order chi connectivity index (χ0) is 13.3. The highest BCUT2D eigenvalue weighted by molar-refractivity contribution is 5.85. The number of carbonyl (C=O) groups excluding carboxylic acids is 1. The molecule has 2 unspecified atom stereocenters. The van der Waals surface area contributed by atoms with E-state index in [2.05, 4.69) is 0 Å². The molecule has 1 heterocycles. The Morgan fingerprint density at radius 2 is 1.83 bits per heavy atom. The van der Waals surface area contributed by atoms with Crippen LogP contribution < -0.4 is 0 Å². The molecule has 0 spiro atoms. The number of ether oxygens (including phenoxy) is 1. The highest BCUT2D eigenvalue weighted by Crippen LogP contribution is 2.44. The molecule has 5 nitrogen and oxygen atoms in total. The summed E-state index contributed by atoms with van der Waals surface area (Å²) >= 11 is 0. The second-order valence-corrected chi connectivity index (χ2v) is 5.67. The van der Waals surface area contributed by atoms with Gasteiger partial charge < -0.3 is 14.7 Å². The third-order valence-electron chi connectivity index (χ3n) is 4.03. The van der Waals surface area contributed by atoms with Crippen LogP contribution in [0.15, 0.2) is 0 Å². The number of rotatable bonds is 3. The molecule has 1 saturated heterocycles. The predicted octanol–water partition coefficient (Wildman–Crippen LogP) is 1.27. The Kier molecular flexibility index (Phi) is 3.61. The molecule has 0 radical (unpaired) electrons. The minimum absolute atomic E-state index is 0.0277. The van der Waals surface area contributed by atoms with Gasteiger partial charge in [-0.1, -0.05) is 6.42 Å². The fraction of sp³-hybridized carbons (Fsp3) is 0.846. The van der Waals surface area contributed by atoms with E-state index in [0.29, 0.717) is 25.9 Å². The van der Waals surface area contributed by atoms with Crippen LogP contribution in [0.3, 0.4) is 0 Å². The molecular formula is C13H21NO4. The molecule has 18 heavy (non-hydrogen) atoms. The highest BCUT2D eigenvalue weighted by Gasteiger charge is 2.47. The molecule has 2 rings (SSSR count). The van der Waals surface area contributed by atoms with Crippen LogP contribution in [-0.2, 0) is 14.3 Å². The maximum atomic E-state index is 12.2. The Hall–Kier alpha value is -1.10. The van der Waals surface area contributed by atoms with E-state index in [1.54, 1.807) is 4.90 Å². The molecule has 1 aliphatic heterocycles. The predicted molar refractivity (Wildman–Crippen MR) is 65.1 cm³/mol. The van der Waals surface area contributed by atoms with Crippen LogP contribution in [0.2, 0.25) is 0 Å². The molecule has 1 N–H and O–H groups in total. The van der Waals surface area contributed by atoms with Gasteiger partial charge in [0.2, 0.25) is 5.91 Å². The second-order valence-electron chi connectivity index (χ2n) is 5.67. The van der Waals surface area contributed by atoms with Crippen molar-refractivity contribution in [3.05, 3.63) is 0 Å². The third kappa shape index (κ3) is 2.51. The van der Waals surface area contributed by atoms with Gasteiger partial charge in [-0.15, -0.1) is 0 Å². The van der Waals surface area contributed by atoms with Gasteiger partial charge in [0.15, 0.2) is 0 Å². The molecule has 2 atom stereocenters. The lowest BCUT2D eigenvalue weighted by Gasteiger charge is -2.41. The largest absolute Gasteiger partial charge is 0.481 e. The molecule has 1 saturated carbocycles. The molecule has 0 bridgehead atoms. The molecule has 0 aromatic rings. The zero-order valence-corrected chi connectivity index (χ0v) is 11.0. The Bertz CT molecular complexity index is 341. The van der Waals surface area contributed by atoms with Gasteiger partial charge in [-0.25, -0.2) is 0 Å². The van der Waals surface area contributed by atoms with Crippen LogP contribution in [-0.4, -0.2) is 47.2 Å². The van der Waals surface area contributed by atoms with Crippen LogP contribution in [0.5, 0.6) is 0 Å². The summed E-state index contributed by atoms with van der Waals surface area (Å²) in [5.41, 5.74) is -0.790. The van der Waals surface area contributed by atoms with Crippen molar-refractivity contribution in [3.8, 4) is 0 Å². The summed E-state index contributed by atoms with van der Waals surface area (Å²) in [7, 11) is 0. The fourth-order valence-corrected chi connectivity index (χ4v) is 2.85. The lowest BCUT2D eigenvalue weighted by atomic mass is 9.66. The molecule has 2 aliphatic rings. The molecule has 102 valence electrons. The van der Waals surface area contributed by atoms with Crippen LogP contribution in [0.25, 0.3) is 0 Å². The number of aliphatic carboxylic acids is 1. The number of carboxylic acid groups (broad SMARTS) is 1. The summed E-state index contributed by atoms with van der Waals surface area (Å²) in [6, 6.07) is 0. The van der Waals surface area contributed by atoms with Gasteiger partial charge in [0.05, 0.1) is 17.6 Å². The number of amides is 1. The summed E-state index contributed by atoms with van der Waals surface area (Å²) in [5.74, 6) is -0.865. The lowest BCUT2D eigenvalue weighted by molar-refractivity contribution is -0.162. The first-order valence-electron chi connectivity index (χ1n) is 6.59. The van der Waals surface area contributed by atoms with Crippen LogP contribution in [0.1, 0.15) is 39.5 Å². The molecule has 0 aromatic carbocycles. The molecule has 1 aliphatic carbocycles. The van der Waals surface area contributed by atoms with E-state index < -0.39 is 11.4 Å². The Morgan fingerprint density at radius 3 is 2.22 bits per heavy atom. The Balaban J connectivity index is 1.97. The Labute approximate surface area is 107 Å². The average Bonchev–Trinajstić information content (AvgIpc) is 2.21. The first-order chi connectivity index (χ1) is 8.43. The summed E-state index contributed by atoms with van der Waals surface area (Å²) < 4.78 is 5.57. The van der Waals surface area contributed by atoms with E-state index in [1.807, 2.05) is 13.8 Å². The smallest absolute Gasteiger partial charge is 0.310 e. The van der Waals surface area contributed by atoms with Crippen molar-refractivity contribution in [1.82, 2.24) is 4.90 Å². The van der Waals surface area contributed by atoms with E-state index in [9.17, 15) is 14.7 Å². The molecule has 2 fully saturated rings. The Morgan fingerprint density at radius 1 is 1.28 bits per heavy atom. The molecular weight excluding hydrogens is 234 g/mol. The van der Waals surface area contributed by atoms with E-state index in [4.69, 9.17) is 4.74 Å². The van der Waals surface area contributed by atoms with E-state index >= 15 is 0 Å². The first-order valence-corrected chi connectivity index (χ1v) is 6.59. The normalized spacial score (nSPS) is 30.7. The quantitative estimate of drug-likeness (QED) is 0.824. The number of carbonyl (C=O) groups is 2. The summed E-state index contributed by atoms with van der Waals surface area (Å²) in [4.78, 5) is 25.2. The standard InChI is InChI=1S/C13H21NO4/c1-9-7-14(8-10(2)18-9)11(15)6-13(12(16)17)4-3-5-13/h9-10H,3-8H2,1-2H3,(H,16,17). The third-order valence-corrected chi connectivity index (χ3v) is 4.03.